The van der Waals surface area contributed by atoms with Crippen molar-refractivity contribution in [3.8, 4) is 5.75 Å². The van der Waals surface area contributed by atoms with Crippen molar-refractivity contribution in [1.82, 2.24) is 9.58 Å². The normalized spacial score (nSPS) is 19.5. The van der Waals surface area contributed by atoms with Gasteiger partial charge < -0.3 is 18.9 Å². The summed E-state index contributed by atoms with van der Waals surface area (Å²) in [6.07, 6.45) is 2.86. The number of unbranched alkanes of at least 4 members (excludes halogenated alkanes) is 1. The number of fused-ring (bicyclic) bond motifs is 4. The Morgan fingerprint density at radius 1 is 1.07 bits per heavy atom. The van der Waals surface area contributed by atoms with E-state index in [0.717, 1.165) is 22.9 Å². The molecule has 1 saturated heterocycles. The van der Waals surface area contributed by atoms with E-state index in [2.05, 4.69) is 0 Å². The average Bonchev–Trinajstić information content (AvgIpc) is 3.21. The minimum Gasteiger partial charge on any atom is -0.487 e. The van der Waals surface area contributed by atoms with Crippen LogP contribution >= 0.6 is 18.9 Å². The Morgan fingerprint density at radius 2 is 1.84 bits per heavy atom. The van der Waals surface area contributed by atoms with E-state index < -0.39 is 42.3 Å². The van der Waals surface area contributed by atoms with Crippen LogP contribution in [0.5, 0.6) is 5.75 Å². The SMILES string of the molecule is CCCCOc1c2n(cc(P(=O)(CC)CC)c1=O)N(C1c3ccccc3SCc3c1ccc(F)c3F)[C@@H]1COCCN1C2=O. The van der Waals surface area contributed by atoms with Gasteiger partial charge in [-0.2, -0.15) is 0 Å². The van der Waals surface area contributed by atoms with Crippen molar-refractivity contribution in [2.24, 2.45) is 0 Å². The Morgan fingerprint density at radius 3 is 2.59 bits per heavy atom. The number of benzene rings is 2. The smallest absolute Gasteiger partial charge is 0.278 e. The van der Waals surface area contributed by atoms with Crippen molar-refractivity contribution in [1.29, 1.82) is 0 Å². The Hall–Kier alpha value is -3.14. The summed E-state index contributed by atoms with van der Waals surface area (Å²) in [5, 5.41) is 2.02. The van der Waals surface area contributed by atoms with Crippen LogP contribution in [0.3, 0.4) is 0 Å². The van der Waals surface area contributed by atoms with Crippen molar-refractivity contribution in [2.75, 3.05) is 43.7 Å². The number of ether oxygens (including phenoxy) is 2. The summed E-state index contributed by atoms with van der Waals surface area (Å²) in [5.41, 5.74) is 1.09. The first-order valence-electron chi connectivity index (χ1n) is 15.1. The van der Waals surface area contributed by atoms with Gasteiger partial charge in [0.25, 0.3) is 5.91 Å². The molecule has 12 heteroatoms. The number of pyridine rings is 1. The molecule has 1 unspecified atom stereocenters. The summed E-state index contributed by atoms with van der Waals surface area (Å²) in [6.45, 7) is 6.49. The highest BCUT2D eigenvalue weighted by molar-refractivity contribution is 7.98. The van der Waals surface area contributed by atoms with E-state index >= 15 is 4.39 Å². The minimum atomic E-state index is -3.17. The van der Waals surface area contributed by atoms with Gasteiger partial charge in [-0.1, -0.05) is 51.5 Å². The Balaban J connectivity index is 1.70. The van der Waals surface area contributed by atoms with Crippen LogP contribution in [0.1, 0.15) is 66.8 Å². The number of halogens is 2. The largest absolute Gasteiger partial charge is 0.487 e. The lowest BCUT2D eigenvalue weighted by atomic mass is 9.93. The van der Waals surface area contributed by atoms with Gasteiger partial charge in [0.15, 0.2) is 23.1 Å². The topological polar surface area (TPSA) is 81.1 Å². The lowest BCUT2D eigenvalue weighted by molar-refractivity contribution is -0.0198. The average molecular weight is 644 g/mol. The maximum atomic E-state index is 15.5. The molecule has 0 bridgehead atoms. The predicted octanol–water partition coefficient (Wildman–Crippen LogP) is 5.48. The number of thioether (sulfide) groups is 1. The van der Waals surface area contributed by atoms with E-state index in [1.807, 2.05) is 36.2 Å². The molecule has 1 amide bonds. The van der Waals surface area contributed by atoms with Gasteiger partial charge in [0.2, 0.25) is 5.43 Å². The van der Waals surface area contributed by atoms with Gasteiger partial charge in [0, 0.05) is 41.3 Å². The maximum Gasteiger partial charge on any atom is 0.278 e. The van der Waals surface area contributed by atoms with Gasteiger partial charge in [-0.15, -0.1) is 11.8 Å². The number of aromatic nitrogens is 1. The van der Waals surface area contributed by atoms with Crippen molar-refractivity contribution in [3.63, 3.8) is 0 Å². The number of carbonyl (C=O) groups is 1. The zero-order valence-electron chi connectivity index (χ0n) is 25.1. The molecular formula is C32H36F2N3O5PS. The zero-order valence-corrected chi connectivity index (χ0v) is 26.8. The first-order valence-corrected chi connectivity index (χ1v) is 18.2. The Bertz CT molecular complexity index is 1710. The lowest BCUT2D eigenvalue weighted by Crippen LogP contribution is -2.67. The third kappa shape index (κ3) is 4.97. The molecule has 234 valence electrons. The molecule has 8 nitrogen and oxygen atoms in total. The predicted molar refractivity (Wildman–Crippen MR) is 167 cm³/mol. The van der Waals surface area contributed by atoms with E-state index in [0.29, 0.717) is 18.6 Å². The summed E-state index contributed by atoms with van der Waals surface area (Å²) < 4.78 is 58.0. The van der Waals surface area contributed by atoms with Crippen LogP contribution in [0.25, 0.3) is 0 Å². The van der Waals surface area contributed by atoms with Gasteiger partial charge in [-0.25, -0.2) is 8.78 Å². The summed E-state index contributed by atoms with van der Waals surface area (Å²) in [5.74, 6) is -2.16. The molecular weight excluding hydrogens is 607 g/mol. The van der Waals surface area contributed by atoms with Crippen LogP contribution in [-0.4, -0.2) is 60.3 Å². The first kappa shape index (κ1) is 30.9. The molecule has 1 fully saturated rings. The summed E-state index contributed by atoms with van der Waals surface area (Å²) in [6, 6.07) is 9.68. The molecule has 3 aliphatic heterocycles. The third-order valence-electron chi connectivity index (χ3n) is 8.83. The number of hydrogen-bond acceptors (Lipinski definition) is 7. The van der Waals surface area contributed by atoms with Gasteiger partial charge in [0.05, 0.1) is 31.2 Å². The minimum absolute atomic E-state index is 0.0327. The second-order valence-corrected chi connectivity index (χ2v) is 15.7. The van der Waals surface area contributed by atoms with Crippen molar-refractivity contribution < 1.29 is 27.6 Å². The standard InChI is InChI=1S/C32H36F2N3O5PS/c1-4-7-15-42-31-29-32(39)35-14-16-41-18-26(35)37(36(29)17-24(30(31)38)43(40,5-2)6-3)28-20-12-13-23(33)27(34)22(20)19-44-25-11-9-8-10-21(25)28/h8-13,17,26,28H,4-7,14-16,18-19H2,1-3H3/t26-,28?/m1/s1. The molecule has 4 heterocycles. The van der Waals surface area contributed by atoms with Gasteiger partial charge in [-0.3, -0.25) is 19.3 Å². The fourth-order valence-corrected chi connectivity index (χ4v) is 9.36. The third-order valence-corrected chi connectivity index (χ3v) is 13.2. The second kappa shape index (κ2) is 12.3. The fourth-order valence-electron chi connectivity index (χ4n) is 6.32. The van der Waals surface area contributed by atoms with Crippen molar-refractivity contribution in [2.45, 2.75) is 56.5 Å². The number of amides is 1. The Kier molecular flexibility index (Phi) is 8.65. The molecule has 3 aromatic rings. The summed E-state index contributed by atoms with van der Waals surface area (Å²) in [7, 11) is -3.17. The van der Waals surface area contributed by atoms with Crippen LogP contribution in [0.4, 0.5) is 8.78 Å². The van der Waals surface area contributed by atoms with Crippen LogP contribution < -0.4 is 20.5 Å². The molecule has 0 radical (unpaired) electrons. The zero-order chi connectivity index (χ0) is 31.2. The summed E-state index contributed by atoms with van der Waals surface area (Å²) in [4.78, 5) is 30.9. The highest BCUT2D eigenvalue weighted by atomic mass is 32.2. The number of morpholine rings is 1. The summed E-state index contributed by atoms with van der Waals surface area (Å²) >= 11 is 1.41. The molecule has 0 aliphatic carbocycles. The van der Waals surface area contributed by atoms with Crippen LogP contribution in [0.2, 0.25) is 0 Å². The van der Waals surface area contributed by atoms with E-state index in [1.165, 1.54) is 18.0 Å². The Labute approximate surface area is 259 Å². The molecule has 3 aliphatic rings. The molecule has 2 atom stereocenters. The van der Waals surface area contributed by atoms with E-state index in [1.54, 1.807) is 29.5 Å². The van der Waals surface area contributed by atoms with Crippen LogP contribution in [0, 0.1) is 11.6 Å². The lowest BCUT2D eigenvalue weighted by Gasteiger charge is -2.51. The number of nitrogens with zero attached hydrogens (tertiary/aromatic N) is 3. The monoisotopic (exact) mass is 643 g/mol. The quantitative estimate of drug-likeness (QED) is 0.238. The number of carbonyl (C=O) groups excluding carboxylic acids is 1. The molecule has 2 aromatic carbocycles. The van der Waals surface area contributed by atoms with Gasteiger partial charge in [-0.05, 0) is 29.7 Å². The fraction of sp³-hybridized carbons (Fsp3) is 0.438. The van der Waals surface area contributed by atoms with Crippen molar-refractivity contribution in [3.05, 3.63) is 86.8 Å². The molecule has 0 saturated carbocycles. The van der Waals surface area contributed by atoms with E-state index in [-0.39, 0.29) is 60.1 Å². The molecule has 0 spiro atoms. The second-order valence-electron chi connectivity index (χ2n) is 11.2. The first-order chi connectivity index (χ1) is 21.3. The molecule has 44 heavy (non-hydrogen) atoms. The van der Waals surface area contributed by atoms with Gasteiger partial charge in [0.1, 0.15) is 13.3 Å². The highest BCUT2D eigenvalue weighted by Crippen LogP contribution is 2.47. The molecule has 6 rings (SSSR count). The maximum absolute atomic E-state index is 15.5. The van der Waals surface area contributed by atoms with E-state index in [9.17, 15) is 18.5 Å². The van der Waals surface area contributed by atoms with Crippen LogP contribution in [0.15, 0.2) is 52.3 Å². The van der Waals surface area contributed by atoms with E-state index in [4.69, 9.17) is 9.47 Å². The number of rotatable bonds is 8. The molecule has 0 N–H and O–H groups in total. The number of hydrogen-bond donors (Lipinski definition) is 0. The van der Waals surface area contributed by atoms with Gasteiger partial charge >= 0.3 is 0 Å². The molecule has 1 aromatic heterocycles. The van der Waals surface area contributed by atoms with Crippen molar-refractivity contribution >= 4 is 30.1 Å². The van der Waals surface area contributed by atoms with Crippen LogP contribution in [-0.2, 0) is 15.1 Å². The highest BCUT2D eigenvalue weighted by Gasteiger charge is 2.47.